The van der Waals surface area contributed by atoms with Gasteiger partial charge >= 0.3 is 0 Å². The van der Waals surface area contributed by atoms with Crippen LogP contribution in [0.15, 0.2) is 42.5 Å². The van der Waals surface area contributed by atoms with Gasteiger partial charge in [-0.1, -0.05) is 6.07 Å². The molecule has 166 valence electrons. The number of hydrogen-bond acceptors (Lipinski definition) is 4. The molecule has 1 aromatic heterocycles. The summed E-state index contributed by atoms with van der Waals surface area (Å²) >= 11 is 0. The number of methoxy groups -OCH3 is 1. The van der Waals surface area contributed by atoms with Gasteiger partial charge in [0.05, 0.1) is 7.11 Å². The van der Waals surface area contributed by atoms with Crippen molar-refractivity contribution in [3.8, 4) is 5.75 Å². The van der Waals surface area contributed by atoms with Crippen LogP contribution in [0.3, 0.4) is 0 Å². The normalized spacial score (nSPS) is 12.9. The molecule has 0 unspecified atom stereocenters. The number of rotatable bonds is 6. The molecule has 3 amide bonds. The molecule has 1 aliphatic heterocycles. The van der Waals surface area contributed by atoms with Gasteiger partial charge in [-0.05, 0) is 36.4 Å². The maximum atomic E-state index is 12.8. The molecule has 0 spiro atoms. The average Bonchev–Trinajstić information content (AvgIpc) is 3.14. The lowest BCUT2D eigenvalue weighted by Gasteiger charge is -2.27. The van der Waals surface area contributed by atoms with Gasteiger partial charge in [-0.25, -0.2) is 0 Å². The second-order valence-electron chi connectivity index (χ2n) is 7.87. The van der Waals surface area contributed by atoms with Gasteiger partial charge in [-0.3, -0.25) is 14.4 Å². The predicted octanol–water partition coefficient (Wildman–Crippen LogP) is 3.44. The summed E-state index contributed by atoms with van der Waals surface area (Å²) in [5.41, 5.74) is 4.47. The van der Waals surface area contributed by atoms with E-state index in [2.05, 4.69) is 15.6 Å². The van der Waals surface area contributed by atoms with Crippen LogP contribution < -0.4 is 15.4 Å². The van der Waals surface area contributed by atoms with Gasteiger partial charge < -0.3 is 25.3 Å². The zero-order valence-electron chi connectivity index (χ0n) is 18.2. The van der Waals surface area contributed by atoms with Crippen LogP contribution >= 0.6 is 0 Å². The number of aromatic nitrogens is 1. The van der Waals surface area contributed by atoms with E-state index in [1.54, 1.807) is 36.3 Å². The van der Waals surface area contributed by atoms with Crippen molar-refractivity contribution in [3.63, 3.8) is 0 Å². The van der Waals surface area contributed by atoms with E-state index in [0.717, 1.165) is 34.3 Å². The van der Waals surface area contributed by atoms with E-state index in [4.69, 9.17) is 4.74 Å². The first kappa shape index (κ1) is 21.4. The Kier molecular flexibility index (Phi) is 6.11. The average molecular weight is 434 g/mol. The van der Waals surface area contributed by atoms with Crippen molar-refractivity contribution >= 4 is 40.0 Å². The van der Waals surface area contributed by atoms with Crippen LogP contribution in [0.4, 0.5) is 11.4 Å². The highest BCUT2D eigenvalue weighted by atomic mass is 16.5. The SMILES string of the molecule is COc1ccc2[nH]c3c(c2c1)CN(C(=O)CCC(=O)Nc1cccc(NC(C)=O)c1)CC3. The van der Waals surface area contributed by atoms with Crippen molar-refractivity contribution in [1.29, 1.82) is 0 Å². The van der Waals surface area contributed by atoms with Crippen molar-refractivity contribution in [1.82, 2.24) is 9.88 Å². The van der Waals surface area contributed by atoms with E-state index < -0.39 is 0 Å². The number of aromatic amines is 1. The molecule has 0 fully saturated rings. The molecule has 8 nitrogen and oxygen atoms in total. The Morgan fingerprint density at radius 2 is 1.84 bits per heavy atom. The second kappa shape index (κ2) is 9.13. The van der Waals surface area contributed by atoms with Gasteiger partial charge in [0.1, 0.15) is 5.75 Å². The van der Waals surface area contributed by atoms with Crippen LogP contribution in [0, 0.1) is 0 Å². The monoisotopic (exact) mass is 434 g/mol. The topological polar surface area (TPSA) is 104 Å². The van der Waals surface area contributed by atoms with Crippen LogP contribution in [-0.2, 0) is 27.3 Å². The van der Waals surface area contributed by atoms with E-state index in [9.17, 15) is 14.4 Å². The number of nitrogens with zero attached hydrogens (tertiary/aromatic N) is 1. The van der Waals surface area contributed by atoms with Gasteiger partial charge in [0, 0.05) is 72.8 Å². The smallest absolute Gasteiger partial charge is 0.224 e. The number of amides is 3. The molecule has 8 heteroatoms. The summed E-state index contributed by atoms with van der Waals surface area (Å²) in [6, 6.07) is 12.8. The zero-order valence-corrected chi connectivity index (χ0v) is 18.2. The third-order valence-corrected chi connectivity index (χ3v) is 5.57. The number of carbonyl (C=O) groups is 3. The summed E-state index contributed by atoms with van der Waals surface area (Å²) < 4.78 is 5.34. The first-order valence-electron chi connectivity index (χ1n) is 10.6. The predicted molar refractivity (Wildman–Crippen MR) is 123 cm³/mol. The molecule has 0 atom stereocenters. The number of ether oxygens (including phenoxy) is 1. The lowest BCUT2D eigenvalue weighted by molar-refractivity contribution is -0.133. The molecule has 2 heterocycles. The van der Waals surface area contributed by atoms with Crippen LogP contribution in [0.5, 0.6) is 5.75 Å². The first-order chi connectivity index (χ1) is 15.4. The Bertz CT molecular complexity index is 1180. The molecule has 0 aliphatic carbocycles. The lowest BCUT2D eigenvalue weighted by atomic mass is 10.0. The number of carbonyl (C=O) groups excluding carboxylic acids is 3. The Balaban J connectivity index is 1.35. The van der Waals surface area contributed by atoms with Gasteiger partial charge in [0.25, 0.3) is 0 Å². The molecule has 4 rings (SSSR count). The summed E-state index contributed by atoms with van der Waals surface area (Å²) in [6.45, 7) is 2.56. The fraction of sp³-hybridized carbons (Fsp3) is 0.292. The van der Waals surface area contributed by atoms with Crippen LogP contribution in [0.2, 0.25) is 0 Å². The van der Waals surface area contributed by atoms with Crippen molar-refractivity contribution in [2.75, 3.05) is 24.3 Å². The zero-order chi connectivity index (χ0) is 22.7. The third kappa shape index (κ3) is 4.74. The largest absolute Gasteiger partial charge is 0.497 e. The molecule has 0 bridgehead atoms. The molecular formula is C24H26N4O4. The minimum atomic E-state index is -0.243. The minimum Gasteiger partial charge on any atom is -0.497 e. The van der Waals surface area contributed by atoms with Gasteiger partial charge in [0.2, 0.25) is 17.7 Å². The van der Waals surface area contributed by atoms with Gasteiger partial charge in [0.15, 0.2) is 0 Å². The van der Waals surface area contributed by atoms with Crippen molar-refractivity contribution < 1.29 is 19.1 Å². The Morgan fingerprint density at radius 3 is 2.59 bits per heavy atom. The van der Waals surface area contributed by atoms with E-state index in [-0.39, 0.29) is 30.6 Å². The van der Waals surface area contributed by atoms with Crippen molar-refractivity contribution in [3.05, 3.63) is 53.7 Å². The Labute approximate surface area is 185 Å². The van der Waals surface area contributed by atoms with E-state index in [0.29, 0.717) is 24.5 Å². The summed E-state index contributed by atoms with van der Waals surface area (Å²) in [4.78, 5) is 41.6. The van der Waals surface area contributed by atoms with E-state index in [1.807, 2.05) is 18.2 Å². The van der Waals surface area contributed by atoms with Crippen LogP contribution in [0.25, 0.3) is 10.9 Å². The number of anilines is 2. The number of hydrogen-bond donors (Lipinski definition) is 3. The van der Waals surface area contributed by atoms with Crippen molar-refractivity contribution in [2.24, 2.45) is 0 Å². The summed E-state index contributed by atoms with van der Waals surface area (Å²) in [5, 5.41) is 6.52. The molecule has 32 heavy (non-hydrogen) atoms. The highest BCUT2D eigenvalue weighted by molar-refractivity contribution is 5.95. The highest BCUT2D eigenvalue weighted by Crippen LogP contribution is 2.30. The number of fused-ring (bicyclic) bond motifs is 3. The third-order valence-electron chi connectivity index (χ3n) is 5.57. The second-order valence-corrected chi connectivity index (χ2v) is 7.87. The van der Waals surface area contributed by atoms with Gasteiger partial charge in [-0.15, -0.1) is 0 Å². The van der Waals surface area contributed by atoms with Gasteiger partial charge in [-0.2, -0.15) is 0 Å². The quantitative estimate of drug-likeness (QED) is 0.553. The molecule has 0 saturated carbocycles. The maximum Gasteiger partial charge on any atom is 0.224 e. The Hall–Kier alpha value is -3.81. The Morgan fingerprint density at radius 1 is 1.06 bits per heavy atom. The molecule has 0 saturated heterocycles. The molecule has 0 radical (unpaired) electrons. The minimum absolute atomic E-state index is 0.0463. The lowest BCUT2D eigenvalue weighted by Crippen LogP contribution is -2.36. The standard InChI is InChI=1S/C24H26N4O4/c1-15(29)25-16-4-3-5-17(12-16)26-23(30)8-9-24(31)28-11-10-22-20(14-28)19-13-18(32-2)6-7-21(19)27-22/h3-7,12-13,27H,8-11,14H2,1-2H3,(H,25,29)(H,26,30). The summed E-state index contributed by atoms with van der Waals surface area (Å²) in [7, 11) is 1.64. The van der Waals surface area contributed by atoms with Crippen LogP contribution in [0.1, 0.15) is 31.0 Å². The summed E-state index contributed by atoms with van der Waals surface area (Å²) in [5.74, 6) is 0.308. The van der Waals surface area contributed by atoms with E-state index in [1.165, 1.54) is 6.92 Å². The number of nitrogens with one attached hydrogen (secondary N) is 3. The number of H-pyrrole nitrogens is 1. The first-order valence-corrected chi connectivity index (χ1v) is 10.6. The van der Waals surface area contributed by atoms with Crippen LogP contribution in [-0.4, -0.2) is 41.3 Å². The number of benzene rings is 2. The fourth-order valence-corrected chi connectivity index (χ4v) is 4.01. The highest BCUT2D eigenvalue weighted by Gasteiger charge is 2.24. The molecule has 2 aromatic carbocycles. The summed E-state index contributed by atoms with van der Waals surface area (Å²) in [6.07, 6.45) is 0.979. The maximum absolute atomic E-state index is 12.8. The molecule has 1 aliphatic rings. The molecule has 3 aromatic rings. The molecule has 3 N–H and O–H groups in total. The van der Waals surface area contributed by atoms with Crippen molar-refractivity contribution in [2.45, 2.75) is 32.7 Å². The molecular weight excluding hydrogens is 408 g/mol. The van der Waals surface area contributed by atoms with E-state index >= 15 is 0 Å². The fourth-order valence-electron chi connectivity index (χ4n) is 4.01.